The topological polar surface area (TPSA) is 70.7 Å². The molecule has 6 nitrogen and oxygen atoms in total. The Hall–Kier alpha value is -1.000. The predicted octanol–water partition coefficient (Wildman–Crippen LogP) is 3.85. The number of benzene rings is 2. The van der Waals surface area contributed by atoms with Crippen molar-refractivity contribution in [2.24, 2.45) is 0 Å². The van der Waals surface area contributed by atoms with Crippen LogP contribution in [0.2, 0.25) is 0 Å². The van der Waals surface area contributed by atoms with Gasteiger partial charge in [-0.05, 0) is 36.4 Å². The molecule has 3 rings (SSSR count). The molecule has 2 aromatic carbocycles. The fourth-order valence-corrected chi connectivity index (χ4v) is 5.17. The molecule has 0 atom stereocenters. The van der Waals surface area contributed by atoms with Gasteiger partial charge < -0.3 is 15.0 Å². The minimum absolute atomic E-state index is 0. The Bertz CT molecular complexity index is 886. The summed E-state index contributed by atoms with van der Waals surface area (Å²) in [6.45, 7) is 3.30. The van der Waals surface area contributed by atoms with Crippen LogP contribution in [0.4, 0.5) is 11.4 Å². The molecule has 0 unspecified atom stereocenters. The summed E-state index contributed by atoms with van der Waals surface area (Å²) in [4.78, 5) is 2.33. The molecule has 0 saturated carbocycles. The zero-order valence-electron chi connectivity index (χ0n) is 14.5. The molecule has 10 heteroatoms. The first-order valence-electron chi connectivity index (χ1n) is 8.02. The molecule has 2 aromatic rings. The van der Waals surface area contributed by atoms with Crippen LogP contribution in [0.25, 0.3) is 0 Å². The average Bonchev–Trinajstić information content (AvgIpc) is 2.60. The van der Waals surface area contributed by atoms with Crippen LogP contribution in [0, 0.1) is 0 Å². The van der Waals surface area contributed by atoms with Crippen molar-refractivity contribution in [2.75, 3.05) is 42.9 Å². The van der Waals surface area contributed by atoms with Crippen molar-refractivity contribution in [2.45, 2.75) is 4.90 Å². The highest BCUT2D eigenvalue weighted by Crippen LogP contribution is 2.32. The van der Waals surface area contributed by atoms with Crippen LogP contribution in [-0.2, 0) is 10.0 Å². The molecule has 148 valence electrons. The summed E-state index contributed by atoms with van der Waals surface area (Å²) in [6.07, 6.45) is 0. The van der Waals surface area contributed by atoms with Crippen LogP contribution in [0.15, 0.2) is 50.2 Å². The molecule has 1 fully saturated rings. The third-order valence-corrected chi connectivity index (χ3v) is 6.33. The van der Waals surface area contributed by atoms with Crippen molar-refractivity contribution in [3.63, 3.8) is 0 Å². The van der Waals surface area contributed by atoms with E-state index in [0.29, 0.717) is 11.4 Å². The van der Waals surface area contributed by atoms with E-state index < -0.39 is 10.0 Å². The lowest BCUT2D eigenvalue weighted by Crippen LogP contribution is -2.43. The molecule has 0 radical (unpaired) electrons. The molecule has 2 N–H and O–H groups in total. The molecule has 0 spiro atoms. The van der Waals surface area contributed by atoms with Crippen LogP contribution in [-0.4, -0.2) is 41.7 Å². The normalized spacial score (nSPS) is 14.4. The van der Waals surface area contributed by atoms with Crippen LogP contribution < -0.4 is 19.7 Å². The second kappa shape index (κ2) is 9.47. The number of sulfonamides is 1. The number of hydrogen-bond acceptors (Lipinski definition) is 5. The Morgan fingerprint density at radius 2 is 1.70 bits per heavy atom. The van der Waals surface area contributed by atoms with Crippen LogP contribution in [0.1, 0.15) is 0 Å². The van der Waals surface area contributed by atoms with E-state index in [1.165, 1.54) is 0 Å². The zero-order chi connectivity index (χ0) is 18.7. The monoisotopic (exact) mass is 539 g/mol. The van der Waals surface area contributed by atoms with Gasteiger partial charge in [0.15, 0.2) is 0 Å². The lowest BCUT2D eigenvalue weighted by molar-refractivity contribution is 0.412. The van der Waals surface area contributed by atoms with Gasteiger partial charge in [-0.3, -0.25) is 4.72 Å². The molecule has 1 heterocycles. The quantitative estimate of drug-likeness (QED) is 0.602. The predicted molar refractivity (Wildman–Crippen MR) is 118 cm³/mol. The van der Waals surface area contributed by atoms with Crippen LogP contribution in [0.3, 0.4) is 0 Å². The van der Waals surface area contributed by atoms with Crippen molar-refractivity contribution in [3.8, 4) is 5.75 Å². The second-order valence-electron chi connectivity index (χ2n) is 5.83. The van der Waals surface area contributed by atoms with Gasteiger partial charge in [0.1, 0.15) is 5.75 Å². The minimum atomic E-state index is -3.72. The number of halogens is 3. The van der Waals surface area contributed by atoms with Crippen LogP contribution >= 0.6 is 44.3 Å². The molecule has 1 saturated heterocycles. The Morgan fingerprint density at radius 3 is 2.30 bits per heavy atom. The van der Waals surface area contributed by atoms with Gasteiger partial charge in [0, 0.05) is 35.1 Å². The highest BCUT2D eigenvalue weighted by molar-refractivity contribution is 9.11. The van der Waals surface area contributed by atoms with E-state index in [4.69, 9.17) is 4.74 Å². The van der Waals surface area contributed by atoms with E-state index >= 15 is 0 Å². The first-order valence-corrected chi connectivity index (χ1v) is 11.1. The number of methoxy groups -OCH3 is 1. The maximum Gasteiger partial charge on any atom is 0.261 e. The molecular weight excluding hydrogens is 522 g/mol. The summed E-state index contributed by atoms with van der Waals surface area (Å²) < 4.78 is 35.3. The van der Waals surface area contributed by atoms with Gasteiger partial charge in [-0.1, -0.05) is 31.9 Å². The number of ether oxygens (including phenoxy) is 1. The van der Waals surface area contributed by atoms with E-state index in [1.54, 1.807) is 37.4 Å². The number of anilines is 2. The summed E-state index contributed by atoms with van der Waals surface area (Å²) in [5, 5.41) is 3.29. The molecule has 1 aliphatic heterocycles. The van der Waals surface area contributed by atoms with Gasteiger partial charge >= 0.3 is 0 Å². The summed E-state index contributed by atoms with van der Waals surface area (Å²) in [5.41, 5.74) is 1.26. The second-order valence-corrected chi connectivity index (χ2v) is 9.35. The molecule has 1 aliphatic rings. The number of nitrogens with zero attached hydrogens (tertiary/aromatic N) is 1. The van der Waals surface area contributed by atoms with Crippen molar-refractivity contribution in [1.82, 2.24) is 5.32 Å². The van der Waals surface area contributed by atoms with Crippen molar-refractivity contribution < 1.29 is 13.2 Å². The minimum Gasteiger partial charge on any atom is -0.495 e. The number of nitrogens with one attached hydrogen (secondary N) is 2. The van der Waals surface area contributed by atoms with E-state index in [0.717, 1.165) is 40.8 Å². The Labute approximate surface area is 182 Å². The van der Waals surface area contributed by atoms with Gasteiger partial charge in [-0.15, -0.1) is 12.4 Å². The van der Waals surface area contributed by atoms with E-state index in [-0.39, 0.29) is 17.3 Å². The summed E-state index contributed by atoms with van der Waals surface area (Å²) in [6, 6.07) is 10.2. The number of rotatable bonds is 5. The largest absolute Gasteiger partial charge is 0.495 e. The van der Waals surface area contributed by atoms with Crippen molar-refractivity contribution in [1.29, 1.82) is 0 Å². The van der Waals surface area contributed by atoms with Gasteiger partial charge in [0.25, 0.3) is 10.0 Å². The van der Waals surface area contributed by atoms with E-state index in [1.807, 2.05) is 6.07 Å². The van der Waals surface area contributed by atoms with E-state index in [9.17, 15) is 8.42 Å². The third-order valence-electron chi connectivity index (χ3n) is 4.03. The third kappa shape index (κ3) is 5.51. The zero-order valence-corrected chi connectivity index (χ0v) is 19.3. The summed E-state index contributed by atoms with van der Waals surface area (Å²) >= 11 is 6.73. The molecule has 0 amide bonds. The maximum atomic E-state index is 12.8. The highest BCUT2D eigenvalue weighted by Gasteiger charge is 2.21. The van der Waals surface area contributed by atoms with Crippen LogP contribution in [0.5, 0.6) is 5.75 Å². The lowest BCUT2D eigenvalue weighted by atomic mass is 10.2. The van der Waals surface area contributed by atoms with Crippen molar-refractivity contribution >= 4 is 65.7 Å². The summed E-state index contributed by atoms with van der Waals surface area (Å²) in [5.74, 6) is 0.663. The van der Waals surface area contributed by atoms with Gasteiger partial charge in [-0.2, -0.15) is 0 Å². The Kier molecular flexibility index (Phi) is 7.82. The maximum absolute atomic E-state index is 12.8. The van der Waals surface area contributed by atoms with Gasteiger partial charge in [0.2, 0.25) is 0 Å². The Morgan fingerprint density at radius 1 is 1.07 bits per heavy atom. The first-order chi connectivity index (χ1) is 12.4. The molecule has 0 aliphatic carbocycles. The number of piperazine rings is 1. The first kappa shape index (κ1) is 22.3. The average molecular weight is 542 g/mol. The number of hydrogen-bond donors (Lipinski definition) is 2. The van der Waals surface area contributed by atoms with Crippen molar-refractivity contribution in [3.05, 3.63) is 45.3 Å². The highest BCUT2D eigenvalue weighted by atomic mass is 79.9. The fraction of sp³-hybridized carbons (Fsp3) is 0.294. The standard InChI is InChI=1S/C17H19Br2N3O3S.ClH/c1-25-17-3-2-15(11-16(17)22-6-4-20-5-7-22)26(23,24)21-14-9-12(18)8-13(19)10-14;/h2-3,8-11,20-21H,4-7H2,1H3;1H. The van der Waals surface area contributed by atoms with Gasteiger partial charge in [-0.25, -0.2) is 8.42 Å². The SMILES string of the molecule is COc1ccc(S(=O)(=O)Nc2cc(Br)cc(Br)c2)cc1N1CCNCC1.Cl. The molecule has 0 bridgehead atoms. The smallest absolute Gasteiger partial charge is 0.261 e. The molecular formula is C17H20Br2ClN3O3S. The summed E-state index contributed by atoms with van der Waals surface area (Å²) in [7, 11) is -2.13. The Balaban J connectivity index is 0.00000261. The van der Waals surface area contributed by atoms with Gasteiger partial charge in [0.05, 0.1) is 23.4 Å². The fourth-order valence-electron chi connectivity index (χ4n) is 2.82. The van der Waals surface area contributed by atoms with E-state index in [2.05, 4.69) is 46.8 Å². The molecule has 0 aromatic heterocycles. The lowest BCUT2D eigenvalue weighted by Gasteiger charge is -2.30. The molecule has 27 heavy (non-hydrogen) atoms.